The van der Waals surface area contributed by atoms with Gasteiger partial charge in [0.25, 0.3) is 0 Å². The fraction of sp³-hybridized carbons (Fsp3) is 0.615. The van der Waals surface area contributed by atoms with Gasteiger partial charge in [-0.25, -0.2) is 17.9 Å². The van der Waals surface area contributed by atoms with E-state index in [0.717, 1.165) is 25.7 Å². The average Bonchev–Trinajstić information content (AvgIpc) is 3.28. The standard InChI is InChI=1S/C13H18N2O4S/c1-2-8-5-11(8)14-20(18,19)10-6-12(13(16)17)15(7-10)9-3-4-9/h6-9,11,14H,2-5H2,1H3,(H,16,17). The fourth-order valence-corrected chi connectivity index (χ4v) is 3.88. The molecule has 6 nitrogen and oxygen atoms in total. The highest BCUT2D eigenvalue weighted by Gasteiger charge is 2.39. The minimum Gasteiger partial charge on any atom is -0.477 e. The zero-order valence-corrected chi connectivity index (χ0v) is 12.1. The predicted molar refractivity (Wildman–Crippen MR) is 72.2 cm³/mol. The van der Waals surface area contributed by atoms with Gasteiger partial charge in [-0.05, 0) is 31.2 Å². The van der Waals surface area contributed by atoms with Crippen LogP contribution in [0.3, 0.4) is 0 Å². The van der Waals surface area contributed by atoms with Crippen molar-refractivity contribution in [2.24, 2.45) is 5.92 Å². The predicted octanol–water partition coefficient (Wildman–Crippen LogP) is 1.60. The zero-order chi connectivity index (χ0) is 14.5. The highest BCUT2D eigenvalue weighted by atomic mass is 32.2. The van der Waals surface area contributed by atoms with Gasteiger partial charge in [-0.2, -0.15) is 0 Å². The van der Waals surface area contributed by atoms with Crippen LogP contribution in [0.15, 0.2) is 17.2 Å². The van der Waals surface area contributed by atoms with Gasteiger partial charge in [-0.1, -0.05) is 13.3 Å². The first-order chi connectivity index (χ1) is 9.42. The van der Waals surface area contributed by atoms with Crippen LogP contribution >= 0.6 is 0 Å². The molecule has 2 saturated carbocycles. The smallest absolute Gasteiger partial charge is 0.352 e. The van der Waals surface area contributed by atoms with E-state index in [1.54, 1.807) is 4.57 Å². The Bertz CT molecular complexity index is 645. The number of hydrogen-bond acceptors (Lipinski definition) is 3. The molecule has 0 bridgehead atoms. The summed E-state index contributed by atoms with van der Waals surface area (Å²) in [4.78, 5) is 11.2. The number of carboxylic acids is 1. The number of aromatic nitrogens is 1. The minimum atomic E-state index is -3.62. The number of carboxylic acid groups (broad SMARTS) is 1. The molecule has 0 saturated heterocycles. The minimum absolute atomic E-state index is 0.00236. The lowest BCUT2D eigenvalue weighted by Gasteiger charge is -2.04. The van der Waals surface area contributed by atoms with E-state index in [1.807, 2.05) is 6.92 Å². The Morgan fingerprint density at radius 2 is 2.20 bits per heavy atom. The molecule has 1 aromatic heterocycles. The van der Waals surface area contributed by atoms with Gasteiger partial charge in [0.15, 0.2) is 0 Å². The molecular formula is C13H18N2O4S. The molecule has 20 heavy (non-hydrogen) atoms. The lowest BCUT2D eigenvalue weighted by atomic mass is 10.3. The maximum atomic E-state index is 12.3. The second-order valence-corrected chi connectivity index (χ2v) is 7.35. The molecule has 0 amide bonds. The van der Waals surface area contributed by atoms with E-state index in [4.69, 9.17) is 5.11 Å². The van der Waals surface area contributed by atoms with Crippen molar-refractivity contribution >= 4 is 16.0 Å². The Morgan fingerprint density at radius 3 is 2.70 bits per heavy atom. The number of hydrogen-bond donors (Lipinski definition) is 2. The molecule has 2 N–H and O–H groups in total. The molecule has 110 valence electrons. The summed E-state index contributed by atoms with van der Waals surface area (Å²) < 4.78 is 28.7. The summed E-state index contributed by atoms with van der Waals surface area (Å²) in [6.45, 7) is 2.03. The van der Waals surface area contributed by atoms with Crippen molar-refractivity contribution in [3.05, 3.63) is 18.0 Å². The first-order valence-electron chi connectivity index (χ1n) is 6.90. The average molecular weight is 298 g/mol. The highest BCUT2D eigenvalue weighted by molar-refractivity contribution is 7.89. The molecular weight excluding hydrogens is 280 g/mol. The van der Waals surface area contributed by atoms with Crippen molar-refractivity contribution in [3.8, 4) is 0 Å². The molecule has 1 heterocycles. The van der Waals surface area contributed by atoms with Crippen molar-refractivity contribution in [2.75, 3.05) is 0 Å². The largest absolute Gasteiger partial charge is 0.477 e. The Kier molecular flexibility index (Phi) is 3.13. The van der Waals surface area contributed by atoms with Gasteiger partial charge < -0.3 is 9.67 Å². The lowest BCUT2D eigenvalue weighted by Crippen LogP contribution is -2.26. The second kappa shape index (κ2) is 4.60. The summed E-state index contributed by atoms with van der Waals surface area (Å²) >= 11 is 0. The Hall–Kier alpha value is -1.34. The van der Waals surface area contributed by atoms with Crippen LogP contribution in [0, 0.1) is 5.92 Å². The summed E-state index contributed by atoms with van der Waals surface area (Å²) in [7, 11) is -3.62. The van der Waals surface area contributed by atoms with E-state index in [-0.39, 0.29) is 22.7 Å². The Labute approximate surface area is 117 Å². The molecule has 0 radical (unpaired) electrons. The van der Waals surface area contributed by atoms with E-state index in [1.165, 1.54) is 12.3 Å². The summed E-state index contributed by atoms with van der Waals surface area (Å²) in [5, 5.41) is 9.16. The van der Waals surface area contributed by atoms with E-state index >= 15 is 0 Å². The lowest BCUT2D eigenvalue weighted by molar-refractivity contribution is 0.0685. The normalized spacial score (nSPS) is 25.6. The third-order valence-corrected chi connectivity index (χ3v) is 5.50. The number of sulfonamides is 1. The number of carbonyl (C=O) groups is 1. The molecule has 0 aliphatic heterocycles. The van der Waals surface area contributed by atoms with Gasteiger partial charge in [0.05, 0.1) is 0 Å². The van der Waals surface area contributed by atoms with Crippen LogP contribution < -0.4 is 4.72 Å². The number of rotatable bonds is 6. The highest BCUT2D eigenvalue weighted by Crippen LogP contribution is 2.38. The Balaban J connectivity index is 1.86. The van der Waals surface area contributed by atoms with Gasteiger partial charge in [0.2, 0.25) is 10.0 Å². The van der Waals surface area contributed by atoms with Gasteiger partial charge in [0, 0.05) is 18.3 Å². The molecule has 1 aromatic rings. The van der Waals surface area contributed by atoms with E-state index in [2.05, 4.69) is 4.72 Å². The molecule has 3 rings (SSSR count). The van der Waals surface area contributed by atoms with E-state index in [9.17, 15) is 13.2 Å². The molecule has 2 fully saturated rings. The third kappa shape index (κ3) is 2.47. The Morgan fingerprint density at radius 1 is 1.50 bits per heavy atom. The SMILES string of the molecule is CCC1CC1NS(=O)(=O)c1cc(C(=O)O)n(C2CC2)c1. The molecule has 2 aliphatic carbocycles. The fourth-order valence-electron chi connectivity index (χ4n) is 2.54. The summed E-state index contributed by atoms with van der Waals surface area (Å²) in [5.41, 5.74) is 0.0516. The maximum absolute atomic E-state index is 12.3. The van der Waals surface area contributed by atoms with Crippen molar-refractivity contribution in [1.29, 1.82) is 0 Å². The van der Waals surface area contributed by atoms with Crippen LogP contribution in [0.1, 0.15) is 49.1 Å². The first kappa shape index (κ1) is 13.6. The first-order valence-corrected chi connectivity index (χ1v) is 8.38. The molecule has 2 unspecified atom stereocenters. The van der Waals surface area contributed by atoms with Crippen LogP contribution in [-0.4, -0.2) is 30.1 Å². The summed E-state index contributed by atoms with van der Waals surface area (Å²) in [6, 6.07) is 1.39. The van der Waals surface area contributed by atoms with Crippen molar-refractivity contribution in [1.82, 2.24) is 9.29 Å². The molecule has 0 aromatic carbocycles. The van der Waals surface area contributed by atoms with Gasteiger partial charge >= 0.3 is 5.97 Å². The van der Waals surface area contributed by atoms with Crippen LogP contribution in [0.25, 0.3) is 0 Å². The molecule has 0 spiro atoms. The third-order valence-electron chi connectivity index (χ3n) is 4.05. The van der Waals surface area contributed by atoms with E-state index in [0.29, 0.717) is 5.92 Å². The van der Waals surface area contributed by atoms with Crippen molar-refractivity contribution < 1.29 is 18.3 Å². The van der Waals surface area contributed by atoms with Crippen LogP contribution in [0.5, 0.6) is 0 Å². The molecule has 2 atom stereocenters. The second-order valence-electron chi connectivity index (χ2n) is 5.64. The number of aromatic carboxylic acids is 1. The monoisotopic (exact) mass is 298 g/mol. The van der Waals surface area contributed by atoms with Crippen LogP contribution in [-0.2, 0) is 10.0 Å². The van der Waals surface area contributed by atoms with Gasteiger partial charge in [-0.15, -0.1) is 0 Å². The molecule has 2 aliphatic rings. The van der Waals surface area contributed by atoms with Gasteiger partial charge in [-0.3, -0.25) is 0 Å². The van der Waals surface area contributed by atoms with E-state index < -0.39 is 16.0 Å². The van der Waals surface area contributed by atoms with Crippen molar-refractivity contribution in [3.63, 3.8) is 0 Å². The van der Waals surface area contributed by atoms with Crippen LogP contribution in [0.4, 0.5) is 0 Å². The topological polar surface area (TPSA) is 88.4 Å². The molecule has 7 heteroatoms. The summed E-state index contributed by atoms with van der Waals surface area (Å²) in [6.07, 6.45) is 5.08. The quantitative estimate of drug-likeness (QED) is 0.835. The number of nitrogens with one attached hydrogen (secondary N) is 1. The maximum Gasteiger partial charge on any atom is 0.352 e. The zero-order valence-electron chi connectivity index (χ0n) is 11.2. The number of nitrogens with zero attached hydrogens (tertiary/aromatic N) is 1. The summed E-state index contributed by atoms with van der Waals surface area (Å²) in [5.74, 6) is -0.676. The van der Waals surface area contributed by atoms with Gasteiger partial charge in [0.1, 0.15) is 10.6 Å². The van der Waals surface area contributed by atoms with Crippen LogP contribution in [0.2, 0.25) is 0 Å². The van der Waals surface area contributed by atoms with Crippen molar-refractivity contribution in [2.45, 2.75) is 49.6 Å².